The van der Waals surface area contributed by atoms with Crippen LogP contribution in [0.5, 0.6) is 0 Å². The van der Waals surface area contributed by atoms with E-state index in [0.29, 0.717) is 10.8 Å². The third-order valence-corrected chi connectivity index (χ3v) is 6.29. The second-order valence-corrected chi connectivity index (χ2v) is 8.00. The molecule has 0 aromatic carbocycles. The topological polar surface area (TPSA) is 42.3 Å². The number of aromatic nitrogens is 1. The Morgan fingerprint density at radius 3 is 2.65 bits per heavy atom. The molecule has 1 unspecified atom stereocenters. The van der Waals surface area contributed by atoms with Gasteiger partial charge >= 0.3 is 0 Å². The number of hydrogen-bond acceptors (Lipinski definition) is 3. The fourth-order valence-electron chi connectivity index (χ4n) is 1.98. The summed E-state index contributed by atoms with van der Waals surface area (Å²) in [5.74, 6) is 1.09. The van der Waals surface area contributed by atoms with E-state index in [9.17, 15) is 8.42 Å². The number of aryl methyl sites for hydroxylation is 1. The molecule has 0 saturated heterocycles. The summed E-state index contributed by atoms with van der Waals surface area (Å²) in [6, 6.07) is 1.64. The molecule has 0 fully saturated rings. The lowest BCUT2D eigenvalue weighted by Crippen LogP contribution is -2.36. The summed E-state index contributed by atoms with van der Waals surface area (Å²) >= 11 is 7.53. The lowest BCUT2D eigenvalue weighted by molar-refractivity contribution is 0.415. The van der Waals surface area contributed by atoms with E-state index in [0.717, 1.165) is 24.4 Å². The fraction of sp³-hybridized carbons (Fsp3) is 0.692. The second kappa shape index (κ2) is 7.73. The van der Waals surface area contributed by atoms with Gasteiger partial charge in [-0.1, -0.05) is 6.92 Å². The first kappa shape index (κ1) is 17.9. The van der Waals surface area contributed by atoms with Crippen molar-refractivity contribution in [2.45, 2.75) is 43.6 Å². The minimum Gasteiger partial charge on any atom is -0.349 e. The van der Waals surface area contributed by atoms with Gasteiger partial charge in [0.25, 0.3) is 0 Å². The van der Waals surface area contributed by atoms with E-state index in [-0.39, 0.29) is 6.04 Å². The number of hydrogen-bond donors (Lipinski definition) is 0. The molecular formula is C13H23ClN2O2S2. The van der Waals surface area contributed by atoms with Crippen LogP contribution < -0.4 is 0 Å². The van der Waals surface area contributed by atoms with Gasteiger partial charge in [0.15, 0.2) is 0 Å². The van der Waals surface area contributed by atoms with Crippen molar-refractivity contribution < 1.29 is 8.42 Å². The molecule has 20 heavy (non-hydrogen) atoms. The van der Waals surface area contributed by atoms with Crippen LogP contribution in [0.4, 0.5) is 0 Å². The Balaban J connectivity index is 3.09. The van der Waals surface area contributed by atoms with Gasteiger partial charge in [0.05, 0.1) is 5.88 Å². The highest BCUT2D eigenvalue weighted by molar-refractivity contribution is 7.98. The molecule has 4 nitrogen and oxygen atoms in total. The Hall–Kier alpha value is -0.170. The molecular weight excluding hydrogens is 316 g/mol. The van der Waals surface area contributed by atoms with Crippen LogP contribution in [0.2, 0.25) is 0 Å². The first-order chi connectivity index (χ1) is 9.38. The Morgan fingerprint density at radius 2 is 2.15 bits per heavy atom. The molecule has 116 valence electrons. The fourth-order valence-corrected chi connectivity index (χ4v) is 4.43. The van der Waals surface area contributed by atoms with Gasteiger partial charge in [0.1, 0.15) is 4.90 Å². The molecule has 0 aliphatic heterocycles. The highest BCUT2D eigenvalue weighted by Crippen LogP contribution is 2.22. The average Bonchev–Trinajstić information content (AvgIpc) is 2.82. The van der Waals surface area contributed by atoms with Crippen molar-refractivity contribution in [1.82, 2.24) is 8.87 Å². The van der Waals surface area contributed by atoms with E-state index < -0.39 is 10.0 Å². The number of nitrogens with zero attached hydrogens (tertiary/aromatic N) is 2. The summed E-state index contributed by atoms with van der Waals surface area (Å²) in [7, 11) is -1.82. The van der Waals surface area contributed by atoms with Crippen LogP contribution in [0.3, 0.4) is 0 Å². The van der Waals surface area contributed by atoms with Gasteiger partial charge < -0.3 is 4.57 Å². The molecule has 0 aliphatic carbocycles. The molecule has 1 rings (SSSR count). The molecule has 1 aromatic rings. The number of halogens is 1. The zero-order valence-corrected chi connectivity index (χ0v) is 14.9. The van der Waals surface area contributed by atoms with Gasteiger partial charge in [-0.25, -0.2) is 8.42 Å². The van der Waals surface area contributed by atoms with Crippen molar-refractivity contribution in [3.8, 4) is 0 Å². The first-order valence-corrected chi connectivity index (χ1v) is 9.97. The maximum Gasteiger partial charge on any atom is 0.244 e. The highest BCUT2D eigenvalue weighted by atomic mass is 35.5. The van der Waals surface area contributed by atoms with E-state index in [1.807, 2.05) is 17.7 Å². The third-order valence-electron chi connectivity index (χ3n) is 3.27. The van der Waals surface area contributed by atoms with Crippen molar-refractivity contribution in [2.75, 3.05) is 19.1 Å². The summed E-state index contributed by atoms with van der Waals surface area (Å²) in [6.45, 7) is 4.75. The molecule has 0 saturated carbocycles. The van der Waals surface area contributed by atoms with Gasteiger partial charge in [-0.3, -0.25) is 0 Å². The van der Waals surface area contributed by atoms with Crippen LogP contribution in [0.25, 0.3) is 0 Å². The highest BCUT2D eigenvalue weighted by Gasteiger charge is 2.26. The van der Waals surface area contributed by atoms with Crippen LogP contribution >= 0.6 is 23.4 Å². The van der Waals surface area contributed by atoms with Crippen molar-refractivity contribution in [2.24, 2.45) is 0 Å². The zero-order chi connectivity index (χ0) is 15.3. The molecule has 1 aromatic heterocycles. The molecule has 1 heterocycles. The zero-order valence-electron chi connectivity index (χ0n) is 12.5. The third kappa shape index (κ3) is 3.93. The summed E-state index contributed by atoms with van der Waals surface area (Å²) in [6.07, 6.45) is 4.61. The monoisotopic (exact) mass is 338 g/mol. The molecule has 0 N–H and O–H groups in total. The molecule has 0 bridgehead atoms. The molecule has 0 amide bonds. The van der Waals surface area contributed by atoms with Crippen LogP contribution in [0, 0.1) is 0 Å². The normalized spacial score (nSPS) is 13.9. The van der Waals surface area contributed by atoms with Gasteiger partial charge in [-0.2, -0.15) is 16.1 Å². The van der Waals surface area contributed by atoms with E-state index in [1.54, 1.807) is 31.1 Å². The van der Waals surface area contributed by atoms with Crippen LogP contribution in [0.1, 0.15) is 26.0 Å². The van der Waals surface area contributed by atoms with Crippen LogP contribution in [-0.2, 0) is 22.4 Å². The summed E-state index contributed by atoms with van der Waals surface area (Å²) in [5.41, 5.74) is 0.845. The SMILES string of the molecule is CCCn1cc(S(=O)(=O)N(C)C(C)CSC)cc1CCl. The largest absolute Gasteiger partial charge is 0.349 e. The lowest BCUT2D eigenvalue weighted by Gasteiger charge is -2.23. The van der Waals surface area contributed by atoms with Crippen LogP contribution in [0.15, 0.2) is 17.2 Å². The quantitative estimate of drug-likeness (QED) is 0.684. The van der Waals surface area contributed by atoms with Crippen molar-refractivity contribution in [1.29, 1.82) is 0 Å². The first-order valence-electron chi connectivity index (χ1n) is 6.60. The number of thioether (sulfide) groups is 1. The van der Waals surface area contributed by atoms with E-state index >= 15 is 0 Å². The Kier molecular flexibility index (Phi) is 6.91. The Bertz CT molecular complexity index is 528. The van der Waals surface area contributed by atoms with Gasteiger partial charge in [-0.05, 0) is 25.7 Å². The van der Waals surface area contributed by atoms with Crippen molar-refractivity contribution in [3.63, 3.8) is 0 Å². The van der Waals surface area contributed by atoms with Gasteiger partial charge in [-0.15, -0.1) is 11.6 Å². The van der Waals surface area contributed by atoms with Crippen molar-refractivity contribution in [3.05, 3.63) is 18.0 Å². The minimum absolute atomic E-state index is 0.0380. The van der Waals surface area contributed by atoms with E-state index in [2.05, 4.69) is 6.92 Å². The summed E-state index contributed by atoms with van der Waals surface area (Å²) < 4.78 is 28.6. The Morgan fingerprint density at radius 1 is 1.50 bits per heavy atom. The average molecular weight is 339 g/mol. The van der Waals surface area contributed by atoms with Crippen molar-refractivity contribution >= 4 is 33.4 Å². The van der Waals surface area contributed by atoms with Gasteiger partial charge in [0, 0.05) is 37.3 Å². The van der Waals surface area contributed by atoms with E-state index in [4.69, 9.17) is 11.6 Å². The standard InChI is InChI=1S/C13H23ClN2O2S2/c1-5-6-16-9-13(7-12(16)8-14)20(17,18)15(3)11(2)10-19-4/h7,9,11H,5-6,8,10H2,1-4H3. The van der Waals surface area contributed by atoms with Crippen LogP contribution in [-0.4, -0.2) is 42.4 Å². The number of rotatable bonds is 8. The molecule has 0 aliphatic rings. The smallest absolute Gasteiger partial charge is 0.244 e. The Labute approximate surface area is 131 Å². The minimum atomic E-state index is -3.45. The second-order valence-electron chi connectivity index (χ2n) is 4.82. The molecule has 0 radical (unpaired) electrons. The number of sulfonamides is 1. The lowest BCUT2D eigenvalue weighted by atomic mass is 10.4. The van der Waals surface area contributed by atoms with Gasteiger partial charge in [0.2, 0.25) is 10.0 Å². The number of alkyl halides is 1. The predicted molar refractivity (Wildman–Crippen MR) is 87.1 cm³/mol. The predicted octanol–water partition coefficient (Wildman–Crippen LogP) is 3.01. The maximum absolute atomic E-state index is 12.6. The summed E-state index contributed by atoms with van der Waals surface area (Å²) in [5, 5.41) is 0. The maximum atomic E-state index is 12.6. The molecule has 7 heteroatoms. The molecule has 0 spiro atoms. The van der Waals surface area contributed by atoms with E-state index in [1.165, 1.54) is 4.31 Å². The summed E-state index contributed by atoms with van der Waals surface area (Å²) in [4.78, 5) is 0.331. The molecule has 1 atom stereocenters.